The van der Waals surface area contributed by atoms with Crippen LogP contribution in [0.1, 0.15) is 5.56 Å². The van der Waals surface area contributed by atoms with Gasteiger partial charge in [-0.3, -0.25) is 0 Å². The van der Waals surface area contributed by atoms with E-state index >= 15 is 0 Å². The molecule has 8 heteroatoms. The predicted octanol–water partition coefficient (Wildman–Crippen LogP) is 3.94. The number of hydrogen-bond donors (Lipinski definition) is 1. The lowest BCUT2D eigenvalue weighted by Gasteiger charge is -2.11. The van der Waals surface area contributed by atoms with E-state index in [-0.39, 0.29) is 12.4 Å². The van der Waals surface area contributed by atoms with Gasteiger partial charge in [-0.25, -0.2) is 4.39 Å². The third kappa shape index (κ3) is 5.52. The predicted molar refractivity (Wildman–Crippen MR) is 104 cm³/mol. The number of benzene rings is 2. The van der Waals surface area contributed by atoms with E-state index in [4.69, 9.17) is 16.3 Å². The molecule has 1 heterocycles. The smallest absolute Gasteiger partial charge is 0.191 e. The lowest BCUT2D eigenvalue weighted by atomic mass is 10.2. The molecule has 0 fully saturated rings. The zero-order valence-corrected chi connectivity index (χ0v) is 16.3. The maximum absolute atomic E-state index is 13.1. The lowest BCUT2D eigenvalue weighted by Crippen LogP contribution is -2.18. The Balaban J connectivity index is 1.48. The molecule has 0 saturated carbocycles. The number of ether oxygens (including phenoxy) is 1. The van der Waals surface area contributed by atoms with Crippen LogP contribution in [-0.2, 0) is 18.4 Å². The number of halogens is 2. The van der Waals surface area contributed by atoms with Crippen LogP contribution < -0.4 is 0 Å². The highest BCUT2D eigenvalue weighted by atomic mass is 35.5. The summed E-state index contributed by atoms with van der Waals surface area (Å²) in [6, 6.07) is 13.5. The second-order valence-electron chi connectivity index (χ2n) is 5.98. The zero-order valence-electron chi connectivity index (χ0n) is 14.7. The van der Waals surface area contributed by atoms with Crippen molar-refractivity contribution in [3.8, 4) is 11.4 Å². The highest BCUT2D eigenvalue weighted by Crippen LogP contribution is 2.23. The van der Waals surface area contributed by atoms with Crippen molar-refractivity contribution in [3.63, 3.8) is 0 Å². The molecule has 0 saturated heterocycles. The van der Waals surface area contributed by atoms with Gasteiger partial charge in [0.1, 0.15) is 5.82 Å². The molecule has 1 unspecified atom stereocenters. The Hall–Kier alpha value is -1.93. The summed E-state index contributed by atoms with van der Waals surface area (Å²) in [7, 11) is 1.84. The van der Waals surface area contributed by atoms with Crippen LogP contribution in [0.25, 0.3) is 11.4 Å². The normalized spacial score (nSPS) is 12.3. The van der Waals surface area contributed by atoms with Gasteiger partial charge in [-0.1, -0.05) is 35.5 Å². The minimum Gasteiger partial charge on any atom is -0.390 e. The van der Waals surface area contributed by atoms with Crippen molar-refractivity contribution in [2.24, 2.45) is 7.05 Å². The van der Waals surface area contributed by atoms with Crippen LogP contribution >= 0.6 is 23.4 Å². The highest BCUT2D eigenvalue weighted by Gasteiger charge is 2.13. The number of rotatable bonds is 8. The monoisotopic (exact) mass is 407 g/mol. The molecule has 0 radical (unpaired) electrons. The van der Waals surface area contributed by atoms with Crippen LogP contribution in [0, 0.1) is 5.82 Å². The first-order valence-electron chi connectivity index (χ1n) is 8.31. The number of aliphatic hydroxyl groups is 1. The van der Waals surface area contributed by atoms with Gasteiger partial charge in [0, 0.05) is 23.4 Å². The molecule has 142 valence electrons. The fraction of sp³-hybridized carbons (Fsp3) is 0.263. The van der Waals surface area contributed by atoms with E-state index in [1.165, 1.54) is 23.9 Å². The van der Waals surface area contributed by atoms with E-state index in [0.29, 0.717) is 28.4 Å². The number of hydrogen-bond acceptors (Lipinski definition) is 5. The number of aromatic nitrogens is 3. The highest BCUT2D eigenvalue weighted by molar-refractivity contribution is 7.99. The molecule has 27 heavy (non-hydrogen) atoms. The minimum absolute atomic E-state index is 0.221. The first-order valence-corrected chi connectivity index (χ1v) is 9.67. The molecule has 2 aromatic carbocycles. The molecule has 0 aliphatic carbocycles. The molecular formula is C19H19ClFN3O2S. The Morgan fingerprint density at radius 3 is 2.56 bits per heavy atom. The Bertz CT molecular complexity index is 872. The minimum atomic E-state index is -0.631. The van der Waals surface area contributed by atoms with Gasteiger partial charge in [0.2, 0.25) is 0 Å². The van der Waals surface area contributed by atoms with Crippen molar-refractivity contribution in [2.75, 3.05) is 12.4 Å². The topological polar surface area (TPSA) is 60.2 Å². The second kappa shape index (κ2) is 9.32. The summed E-state index contributed by atoms with van der Waals surface area (Å²) in [5.74, 6) is 0.777. The molecule has 1 atom stereocenters. The molecule has 3 aromatic rings. The van der Waals surface area contributed by atoms with Crippen molar-refractivity contribution < 1.29 is 14.2 Å². The Morgan fingerprint density at radius 2 is 1.85 bits per heavy atom. The van der Waals surface area contributed by atoms with Gasteiger partial charge in [0.25, 0.3) is 0 Å². The molecule has 0 aliphatic rings. The molecule has 3 rings (SSSR count). The van der Waals surface area contributed by atoms with Crippen molar-refractivity contribution in [3.05, 3.63) is 64.9 Å². The van der Waals surface area contributed by atoms with Crippen molar-refractivity contribution >= 4 is 23.4 Å². The Morgan fingerprint density at radius 1 is 1.15 bits per heavy atom. The van der Waals surface area contributed by atoms with Gasteiger partial charge in [0.15, 0.2) is 11.0 Å². The summed E-state index contributed by atoms with van der Waals surface area (Å²) in [5.41, 5.74) is 1.78. The van der Waals surface area contributed by atoms with E-state index in [1.54, 1.807) is 24.3 Å². The quantitative estimate of drug-likeness (QED) is 0.573. The summed E-state index contributed by atoms with van der Waals surface area (Å²) in [6.45, 7) is 0.635. The van der Waals surface area contributed by atoms with E-state index < -0.39 is 6.10 Å². The van der Waals surface area contributed by atoms with Gasteiger partial charge in [0.05, 0.1) is 19.3 Å². The van der Waals surface area contributed by atoms with Gasteiger partial charge in [-0.2, -0.15) is 0 Å². The molecule has 5 nitrogen and oxygen atoms in total. The van der Waals surface area contributed by atoms with Gasteiger partial charge in [-0.15, -0.1) is 10.2 Å². The second-order valence-corrected chi connectivity index (χ2v) is 7.40. The van der Waals surface area contributed by atoms with Gasteiger partial charge >= 0.3 is 0 Å². The van der Waals surface area contributed by atoms with E-state index in [1.807, 2.05) is 23.7 Å². The van der Waals surface area contributed by atoms with Crippen LogP contribution in [0.3, 0.4) is 0 Å². The molecule has 0 spiro atoms. The molecule has 0 aliphatic heterocycles. The van der Waals surface area contributed by atoms with Crippen molar-refractivity contribution in [1.82, 2.24) is 14.8 Å². The Labute approximate surface area is 166 Å². The van der Waals surface area contributed by atoms with E-state index in [2.05, 4.69) is 10.2 Å². The fourth-order valence-corrected chi connectivity index (χ4v) is 3.35. The first kappa shape index (κ1) is 19.8. The summed E-state index contributed by atoms with van der Waals surface area (Å²) in [4.78, 5) is 0. The Kier molecular flexibility index (Phi) is 6.84. The molecule has 1 aromatic heterocycles. The van der Waals surface area contributed by atoms with Gasteiger partial charge in [-0.05, 0) is 42.0 Å². The first-order chi connectivity index (χ1) is 13.0. The third-order valence-corrected chi connectivity index (χ3v) is 5.25. The third-order valence-electron chi connectivity index (χ3n) is 3.83. The van der Waals surface area contributed by atoms with Gasteiger partial charge < -0.3 is 14.4 Å². The van der Waals surface area contributed by atoms with Crippen LogP contribution in [0.15, 0.2) is 53.7 Å². The average molecular weight is 408 g/mol. The molecular weight excluding hydrogens is 389 g/mol. The largest absolute Gasteiger partial charge is 0.390 e. The summed E-state index contributed by atoms with van der Waals surface area (Å²) in [6.07, 6.45) is -0.631. The lowest BCUT2D eigenvalue weighted by molar-refractivity contribution is 0.0397. The zero-order chi connectivity index (χ0) is 19.2. The standard InChI is InChI=1S/C19H19ClFN3O2S/c1-24-18(14-4-8-16(21)9-5-14)22-23-19(24)27-12-17(25)11-26-10-13-2-6-15(20)7-3-13/h2-9,17,25H,10-12H2,1H3. The summed E-state index contributed by atoms with van der Waals surface area (Å²) < 4.78 is 20.4. The number of thioether (sulfide) groups is 1. The molecule has 1 N–H and O–H groups in total. The van der Waals surface area contributed by atoms with Crippen LogP contribution in [-0.4, -0.2) is 38.3 Å². The summed E-state index contributed by atoms with van der Waals surface area (Å²) >= 11 is 7.23. The van der Waals surface area contributed by atoms with Crippen LogP contribution in [0.2, 0.25) is 5.02 Å². The van der Waals surface area contributed by atoms with Crippen LogP contribution in [0.4, 0.5) is 4.39 Å². The molecule has 0 bridgehead atoms. The van der Waals surface area contributed by atoms with Crippen molar-refractivity contribution in [1.29, 1.82) is 0 Å². The fourth-order valence-electron chi connectivity index (χ4n) is 2.40. The maximum atomic E-state index is 13.1. The number of aliphatic hydroxyl groups excluding tert-OH is 1. The molecule has 0 amide bonds. The van der Waals surface area contributed by atoms with Crippen LogP contribution in [0.5, 0.6) is 0 Å². The summed E-state index contributed by atoms with van der Waals surface area (Å²) in [5, 5.41) is 19.8. The number of nitrogens with zero attached hydrogens (tertiary/aromatic N) is 3. The van der Waals surface area contributed by atoms with E-state index in [0.717, 1.165) is 11.1 Å². The maximum Gasteiger partial charge on any atom is 0.191 e. The van der Waals surface area contributed by atoms with E-state index in [9.17, 15) is 9.50 Å². The van der Waals surface area contributed by atoms with Crippen molar-refractivity contribution in [2.45, 2.75) is 17.9 Å². The average Bonchev–Trinajstić information content (AvgIpc) is 3.03. The SMILES string of the molecule is Cn1c(SCC(O)COCc2ccc(Cl)cc2)nnc1-c1ccc(F)cc1.